The zero-order valence-corrected chi connectivity index (χ0v) is 50.6. The summed E-state index contributed by atoms with van der Waals surface area (Å²) < 4.78 is 15.1. The van der Waals surface area contributed by atoms with Crippen LogP contribution < -0.4 is 9.47 Å². The highest BCUT2D eigenvalue weighted by Gasteiger charge is 2.32. The maximum absolute atomic E-state index is 6.62. The van der Waals surface area contributed by atoms with Gasteiger partial charge in [0.05, 0.1) is 22.4 Å². The Hall–Kier alpha value is -12.4. The molecule has 10 nitrogen and oxygen atoms in total. The lowest BCUT2D eigenvalue weighted by molar-refractivity contribution is 0.487. The summed E-state index contributed by atoms with van der Waals surface area (Å²) in [4.78, 5) is 32.0. The van der Waals surface area contributed by atoms with E-state index in [1.807, 2.05) is 176 Å². The predicted octanol–water partition coefficient (Wildman–Crippen LogP) is 22.0. The normalized spacial score (nSPS) is 11.3. The van der Waals surface area contributed by atoms with Gasteiger partial charge >= 0.3 is 0 Å². The fraction of sp³-hybridized carbons (Fsp3) is 0.0120. The number of ether oxygens (including phenoxy) is 2. The molecular formula is C83H57ClN8O2. The van der Waals surface area contributed by atoms with Crippen molar-refractivity contribution in [3.63, 3.8) is 0 Å². The van der Waals surface area contributed by atoms with Crippen LogP contribution >= 0.6 is 11.6 Å². The van der Waals surface area contributed by atoms with Crippen molar-refractivity contribution in [2.24, 2.45) is 0 Å². The molecule has 0 radical (unpaired) electrons. The quantitative estimate of drug-likeness (QED) is 0.168. The SMILES string of the molecule is C.Clc1nc(-c2ccccc2)nc(-c2ccccc2)n1.c1ccc(-c2cccc3c4c([nH]c23)-c2ccccc2Oc2ccccc2-4)cc1.c1ccc(-c2nc(-c3ccccc3)nc(-n3c4c(c5cccc(-c6ccccc6)c53)-c3ccccc3Oc3ccccc3-4)n2)cc1. The molecule has 2 aliphatic heterocycles. The van der Waals surface area contributed by atoms with E-state index in [9.17, 15) is 0 Å². The lowest BCUT2D eigenvalue weighted by Crippen LogP contribution is -2.08. The van der Waals surface area contributed by atoms with Crippen LogP contribution in [0.3, 0.4) is 0 Å². The summed E-state index contributed by atoms with van der Waals surface area (Å²) in [5.74, 6) is 6.27. The smallest absolute Gasteiger partial charge is 0.238 e. The van der Waals surface area contributed by atoms with Crippen molar-refractivity contribution >= 4 is 33.4 Å². The Kier molecular flexibility index (Phi) is 15.7. The van der Waals surface area contributed by atoms with E-state index in [0.29, 0.717) is 29.2 Å². The number of aromatic nitrogens is 8. The van der Waals surface area contributed by atoms with Crippen LogP contribution in [-0.2, 0) is 0 Å². The molecule has 0 amide bonds. The predicted molar refractivity (Wildman–Crippen MR) is 381 cm³/mol. The van der Waals surface area contributed by atoms with Gasteiger partial charge in [-0.3, -0.25) is 4.57 Å². The molecule has 0 atom stereocenters. The van der Waals surface area contributed by atoms with E-state index in [4.69, 9.17) is 36.0 Å². The Balaban J connectivity index is 0.000000129. The van der Waals surface area contributed by atoms with Crippen LogP contribution in [-0.4, -0.2) is 39.5 Å². The van der Waals surface area contributed by atoms with Crippen LogP contribution in [0.5, 0.6) is 23.0 Å². The minimum Gasteiger partial charge on any atom is -0.456 e. The summed E-state index contributed by atoms with van der Waals surface area (Å²) in [6.45, 7) is 0. The van der Waals surface area contributed by atoms with Crippen LogP contribution in [0.4, 0.5) is 0 Å². The lowest BCUT2D eigenvalue weighted by atomic mass is 9.96. The van der Waals surface area contributed by atoms with Gasteiger partial charge in [0.25, 0.3) is 0 Å². The average Bonchev–Trinajstić information content (AvgIpc) is 1.56. The molecular weight excluding hydrogens is 1180 g/mol. The summed E-state index contributed by atoms with van der Waals surface area (Å²) in [6.07, 6.45) is 0. The van der Waals surface area contributed by atoms with E-state index in [-0.39, 0.29) is 12.7 Å². The van der Waals surface area contributed by atoms with Gasteiger partial charge in [0.15, 0.2) is 23.3 Å². The number of nitrogens with zero attached hydrogens (tertiary/aromatic N) is 7. The van der Waals surface area contributed by atoms with Crippen molar-refractivity contribution in [1.29, 1.82) is 0 Å². The molecule has 0 saturated heterocycles. The monoisotopic (exact) mass is 1230 g/mol. The second-order valence-electron chi connectivity index (χ2n) is 22.3. The summed E-state index contributed by atoms with van der Waals surface area (Å²) in [7, 11) is 0. The first-order chi connectivity index (χ1) is 46.1. The third-order valence-corrected chi connectivity index (χ3v) is 16.8. The maximum atomic E-state index is 6.62. The van der Waals surface area contributed by atoms with Crippen molar-refractivity contribution in [1.82, 2.24) is 39.5 Å². The van der Waals surface area contributed by atoms with Gasteiger partial charge in [0, 0.05) is 77.5 Å². The number of hydrogen-bond donors (Lipinski definition) is 1. The number of halogens is 1. The Morgan fingerprint density at radius 2 is 0.628 bits per heavy atom. The van der Waals surface area contributed by atoms with Gasteiger partial charge in [0.1, 0.15) is 23.0 Å². The van der Waals surface area contributed by atoms with Crippen LogP contribution in [0.1, 0.15) is 7.43 Å². The highest BCUT2D eigenvalue weighted by atomic mass is 35.5. The number of rotatable bonds is 7. The largest absolute Gasteiger partial charge is 0.456 e. The zero-order valence-electron chi connectivity index (χ0n) is 49.8. The molecule has 94 heavy (non-hydrogen) atoms. The number of para-hydroxylation sites is 6. The molecule has 16 aromatic rings. The highest BCUT2D eigenvalue weighted by Crippen LogP contribution is 2.54. The number of H-pyrrole nitrogens is 1. The maximum Gasteiger partial charge on any atom is 0.238 e. The zero-order chi connectivity index (χ0) is 62.0. The number of aromatic amines is 1. The van der Waals surface area contributed by atoms with Crippen LogP contribution in [0.25, 0.3) is 140 Å². The Labute approximate surface area is 548 Å². The fourth-order valence-electron chi connectivity index (χ4n) is 12.4. The molecule has 18 rings (SSSR count). The van der Waals surface area contributed by atoms with Gasteiger partial charge in [-0.25, -0.2) is 9.97 Å². The molecule has 12 aromatic carbocycles. The molecule has 2 aliphatic rings. The molecule has 11 heteroatoms. The minimum atomic E-state index is 0. The Morgan fingerprint density at radius 3 is 1.11 bits per heavy atom. The van der Waals surface area contributed by atoms with Crippen molar-refractivity contribution in [2.75, 3.05) is 0 Å². The van der Waals surface area contributed by atoms with E-state index in [0.717, 1.165) is 112 Å². The number of nitrogens with one attached hydrogen (secondary N) is 1. The summed E-state index contributed by atoms with van der Waals surface area (Å²) in [6, 6.07) is 107. The van der Waals surface area contributed by atoms with Gasteiger partial charge in [-0.05, 0) is 59.1 Å². The topological polar surface area (TPSA) is 117 Å². The van der Waals surface area contributed by atoms with E-state index in [1.165, 1.54) is 22.1 Å². The summed E-state index contributed by atoms with van der Waals surface area (Å²) in [5.41, 5.74) is 19.0. The van der Waals surface area contributed by atoms with E-state index < -0.39 is 0 Å². The molecule has 0 saturated carbocycles. The standard InChI is InChI=1S/C41H26N4O.C26H17NO.C15H10ClN3.CH4/c1-4-15-27(16-5-1)30-23-14-24-33-36-31-21-10-12-25-34(31)46-35-26-13-11-22-32(35)38(36)45(37(30)33)41-43-39(28-17-6-2-7-18-28)42-40(44-41)29-19-8-3-9-20-29;1-2-9-17(10-3-1)18-13-8-14-21-24-19-11-4-6-15-22(19)28-23-16-7-5-12-20(23)26(24)27-25(18)21;16-15-18-13(11-7-3-1-4-8-11)17-14(19-15)12-9-5-2-6-10-12;/h1-26H;1-16,27H;1-10H;1H4. The molecule has 448 valence electrons. The number of hydrogen-bond acceptors (Lipinski definition) is 8. The van der Waals surface area contributed by atoms with Gasteiger partial charge in [-0.15, -0.1) is 0 Å². The van der Waals surface area contributed by atoms with Crippen LogP contribution in [0.2, 0.25) is 5.28 Å². The van der Waals surface area contributed by atoms with Gasteiger partial charge < -0.3 is 14.5 Å². The summed E-state index contributed by atoms with van der Waals surface area (Å²) in [5, 5.41) is 2.50. The third-order valence-electron chi connectivity index (χ3n) is 16.6. The van der Waals surface area contributed by atoms with Gasteiger partial charge in [0.2, 0.25) is 11.2 Å². The number of benzene rings is 12. The molecule has 0 spiro atoms. The summed E-state index contributed by atoms with van der Waals surface area (Å²) >= 11 is 5.99. The Bertz CT molecular complexity index is 5280. The first-order valence-corrected chi connectivity index (χ1v) is 31.0. The van der Waals surface area contributed by atoms with E-state index in [2.05, 4.69) is 164 Å². The molecule has 0 aliphatic carbocycles. The van der Waals surface area contributed by atoms with Gasteiger partial charge in [-0.1, -0.05) is 286 Å². The second-order valence-corrected chi connectivity index (χ2v) is 22.6. The average molecular weight is 1230 g/mol. The third kappa shape index (κ3) is 11.0. The van der Waals surface area contributed by atoms with E-state index >= 15 is 0 Å². The molecule has 0 fully saturated rings. The molecule has 0 unspecified atom stereocenters. The van der Waals surface area contributed by atoms with Crippen molar-refractivity contribution < 1.29 is 9.47 Å². The fourth-order valence-corrected chi connectivity index (χ4v) is 12.6. The van der Waals surface area contributed by atoms with Crippen molar-refractivity contribution in [3.8, 4) is 142 Å². The van der Waals surface area contributed by atoms with Crippen LogP contribution in [0, 0.1) is 0 Å². The second kappa shape index (κ2) is 25.5. The highest BCUT2D eigenvalue weighted by molar-refractivity contribution is 6.28. The lowest BCUT2D eigenvalue weighted by Gasteiger charge is -2.16. The molecule has 4 aromatic heterocycles. The number of fused-ring (bicyclic) bond motifs is 14. The first-order valence-electron chi connectivity index (χ1n) is 30.6. The molecule has 6 heterocycles. The van der Waals surface area contributed by atoms with Crippen molar-refractivity contribution in [3.05, 3.63) is 321 Å². The minimum absolute atomic E-state index is 0. The van der Waals surface area contributed by atoms with Crippen LogP contribution in [0.15, 0.2) is 315 Å². The van der Waals surface area contributed by atoms with E-state index in [1.54, 1.807) is 0 Å². The first kappa shape index (κ1) is 58.0. The molecule has 0 bridgehead atoms. The Morgan fingerprint density at radius 1 is 0.287 bits per heavy atom. The van der Waals surface area contributed by atoms with Gasteiger partial charge in [-0.2, -0.15) is 19.9 Å². The van der Waals surface area contributed by atoms with Crippen molar-refractivity contribution in [2.45, 2.75) is 7.43 Å². The molecule has 1 N–H and O–H groups in total.